The normalized spacial score (nSPS) is 12.7. The highest BCUT2D eigenvalue weighted by atomic mass is 35.5. The van der Waals surface area contributed by atoms with Gasteiger partial charge in [0, 0.05) is 48.6 Å². The summed E-state index contributed by atoms with van der Waals surface area (Å²) in [6, 6.07) is 10.4. The predicted octanol–water partition coefficient (Wildman–Crippen LogP) is 6.83. The number of amides is 5. The summed E-state index contributed by atoms with van der Waals surface area (Å²) in [5, 5.41) is 6.10. The van der Waals surface area contributed by atoms with Crippen LogP contribution in [0, 0.1) is 5.92 Å². The van der Waals surface area contributed by atoms with E-state index in [1.807, 2.05) is 62.9 Å². The van der Waals surface area contributed by atoms with Crippen molar-refractivity contribution in [3.8, 4) is 0 Å². The largest absolute Gasteiger partial charge is 0.360 e. The van der Waals surface area contributed by atoms with Crippen molar-refractivity contribution < 1.29 is 19.2 Å². The average molecular weight is 686 g/mol. The zero-order valence-corrected chi connectivity index (χ0v) is 29.1. The number of carbonyl (C=O) groups excluding carboxylic acids is 4. The van der Waals surface area contributed by atoms with Gasteiger partial charge in [0.1, 0.15) is 0 Å². The van der Waals surface area contributed by atoms with Gasteiger partial charge in [-0.15, -0.1) is 0 Å². The lowest BCUT2D eigenvalue weighted by Gasteiger charge is -2.22. The Morgan fingerprint density at radius 3 is 1.79 bits per heavy atom. The number of fused-ring (bicyclic) bond motifs is 2. The van der Waals surface area contributed by atoms with Crippen LogP contribution < -0.4 is 11.1 Å². The molecule has 254 valence electrons. The van der Waals surface area contributed by atoms with Crippen molar-refractivity contribution in [3.63, 3.8) is 0 Å². The molecule has 5 rings (SSSR count). The number of rotatable bonds is 10. The molecule has 0 atom stereocenters. The number of aromatic nitrogens is 2. The van der Waals surface area contributed by atoms with Crippen molar-refractivity contribution in [1.82, 2.24) is 25.1 Å². The second-order valence-electron chi connectivity index (χ2n) is 12.0. The molecule has 1 saturated carbocycles. The smallest absolute Gasteiger partial charge is 0.321 e. The molecule has 1 aliphatic carbocycles. The first-order chi connectivity index (χ1) is 22.5. The maximum Gasteiger partial charge on any atom is 0.321 e. The number of nitrogens with two attached hydrogens (primary N) is 1. The molecule has 5 N–H and O–H groups in total. The third kappa shape index (κ3) is 10.3. The standard InChI is InChI=1S/C18H21ClN2O2.C15H18ClN3O2.C2H7N/c19-16-7-3-6-15-14(10-20-18(15)16)8-9-17(23)21(12-22)11-13-4-1-2-5-13;1-9(2)19(15(17)21)13(20)7-6-10-8-18-14-11(10)4-3-5-12(14)16;1-3-2/h3,6-7,10,12-13,20H,1-2,4-5,8-9,11H2;3-5,8-9,18H,6-7H2,1-2H3,(H2,17,21);3H,1-2H3. The summed E-state index contributed by atoms with van der Waals surface area (Å²) in [5.41, 5.74) is 9.05. The van der Waals surface area contributed by atoms with Crippen LogP contribution in [0.1, 0.15) is 63.5 Å². The van der Waals surface area contributed by atoms with Gasteiger partial charge in [0.15, 0.2) is 0 Å². The monoisotopic (exact) mass is 684 g/mol. The number of aryl methyl sites for hydroxylation is 2. The number of urea groups is 1. The predicted molar refractivity (Wildman–Crippen MR) is 190 cm³/mol. The molecule has 0 aliphatic heterocycles. The molecule has 0 saturated heterocycles. The second-order valence-corrected chi connectivity index (χ2v) is 12.8. The van der Waals surface area contributed by atoms with Gasteiger partial charge in [0.05, 0.1) is 21.1 Å². The van der Waals surface area contributed by atoms with Crippen molar-refractivity contribution in [1.29, 1.82) is 0 Å². The lowest BCUT2D eigenvalue weighted by Crippen LogP contribution is -2.45. The van der Waals surface area contributed by atoms with Crippen molar-refractivity contribution in [2.75, 3.05) is 20.6 Å². The fourth-order valence-electron chi connectivity index (χ4n) is 5.85. The molecule has 4 aromatic rings. The van der Waals surface area contributed by atoms with Crippen molar-refractivity contribution in [2.24, 2.45) is 11.7 Å². The first kappa shape index (κ1) is 37.6. The van der Waals surface area contributed by atoms with Crippen molar-refractivity contribution in [3.05, 3.63) is 70.0 Å². The average Bonchev–Trinajstić information content (AvgIpc) is 3.79. The Kier molecular flexibility index (Phi) is 14.8. The first-order valence-electron chi connectivity index (χ1n) is 16.0. The number of primary amides is 1. The Balaban J connectivity index is 0.000000237. The van der Waals surface area contributed by atoms with Gasteiger partial charge in [-0.2, -0.15) is 0 Å². The Morgan fingerprint density at radius 2 is 1.36 bits per heavy atom. The molecule has 47 heavy (non-hydrogen) atoms. The Bertz CT molecular complexity index is 1640. The van der Waals surface area contributed by atoms with Gasteiger partial charge in [0.2, 0.25) is 18.2 Å². The number of imide groups is 2. The number of aromatic amines is 2. The minimum atomic E-state index is -0.711. The number of nitrogens with zero attached hydrogens (tertiary/aromatic N) is 2. The van der Waals surface area contributed by atoms with Crippen LogP contribution in [-0.4, -0.2) is 70.7 Å². The van der Waals surface area contributed by atoms with Gasteiger partial charge in [-0.3, -0.25) is 24.2 Å². The number of hydrogen-bond donors (Lipinski definition) is 4. The SMILES string of the molecule is CC(C)N(C(N)=O)C(=O)CCc1c[nH]c2c(Cl)cccc12.CNC.O=CN(CC1CCCC1)C(=O)CCc1c[nH]c2c(Cl)cccc12. The highest BCUT2D eigenvalue weighted by Gasteiger charge is 2.23. The summed E-state index contributed by atoms with van der Waals surface area (Å²) >= 11 is 12.2. The van der Waals surface area contributed by atoms with E-state index in [4.69, 9.17) is 28.9 Å². The van der Waals surface area contributed by atoms with Crippen LogP contribution in [0.15, 0.2) is 48.8 Å². The highest BCUT2D eigenvalue weighted by molar-refractivity contribution is 6.35. The highest BCUT2D eigenvalue weighted by Crippen LogP contribution is 2.28. The quantitative estimate of drug-likeness (QED) is 0.135. The molecule has 2 aromatic carbocycles. The molecule has 0 spiro atoms. The summed E-state index contributed by atoms with van der Waals surface area (Å²) < 4.78 is 0. The van der Waals surface area contributed by atoms with Crippen molar-refractivity contribution in [2.45, 2.75) is 71.3 Å². The van der Waals surface area contributed by atoms with Crippen LogP contribution in [-0.2, 0) is 27.2 Å². The lowest BCUT2D eigenvalue weighted by atomic mass is 10.1. The van der Waals surface area contributed by atoms with Crippen LogP contribution in [0.25, 0.3) is 21.8 Å². The minimum Gasteiger partial charge on any atom is -0.360 e. The summed E-state index contributed by atoms with van der Waals surface area (Å²) in [7, 11) is 3.75. The fourth-order valence-corrected chi connectivity index (χ4v) is 6.31. The molecule has 0 bridgehead atoms. The van der Waals surface area contributed by atoms with Gasteiger partial charge >= 0.3 is 6.03 Å². The molecular formula is C35H46Cl2N6O4. The molecule has 5 amide bonds. The molecule has 1 aliphatic rings. The van der Waals surface area contributed by atoms with E-state index in [1.165, 1.54) is 17.7 Å². The molecule has 0 unspecified atom stereocenters. The number of para-hydroxylation sites is 2. The van der Waals surface area contributed by atoms with Gasteiger partial charge in [-0.25, -0.2) is 4.79 Å². The third-order valence-electron chi connectivity index (χ3n) is 8.12. The molecular weight excluding hydrogens is 639 g/mol. The Morgan fingerprint density at radius 1 is 0.894 bits per heavy atom. The van der Waals surface area contributed by atoms with Crippen LogP contribution in [0.2, 0.25) is 10.0 Å². The Labute approximate surface area is 286 Å². The molecule has 2 aromatic heterocycles. The Hall–Kier alpha value is -3.86. The fraction of sp³-hybridized carbons (Fsp3) is 0.429. The number of H-pyrrole nitrogens is 2. The van der Waals surface area contributed by atoms with E-state index in [9.17, 15) is 19.2 Å². The molecule has 2 heterocycles. The van der Waals surface area contributed by atoms with Gasteiger partial charge in [-0.1, -0.05) is 60.3 Å². The number of carbonyl (C=O) groups is 4. The number of nitrogens with one attached hydrogen (secondary N) is 3. The maximum atomic E-state index is 12.3. The maximum absolute atomic E-state index is 12.3. The van der Waals surface area contributed by atoms with E-state index >= 15 is 0 Å². The number of benzene rings is 2. The topological polar surface area (TPSA) is 144 Å². The summed E-state index contributed by atoms with van der Waals surface area (Å²) in [6.07, 6.45) is 10.8. The van der Waals surface area contributed by atoms with E-state index in [0.29, 0.717) is 48.2 Å². The zero-order valence-electron chi connectivity index (χ0n) is 27.6. The van der Waals surface area contributed by atoms with E-state index < -0.39 is 6.03 Å². The molecule has 10 nitrogen and oxygen atoms in total. The first-order valence-corrected chi connectivity index (χ1v) is 16.7. The molecule has 12 heteroatoms. The summed E-state index contributed by atoms with van der Waals surface area (Å²) in [6.45, 7) is 4.09. The number of hydrogen-bond acceptors (Lipinski definition) is 5. The summed E-state index contributed by atoms with van der Waals surface area (Å²) in [4.78, 5) is 55.7. The van der Waals surface area contributed by atoms with Crippen LogP contribution in [0.3, 0.4) is 0 Å². The van der Waals surface area contributed by atoms with Crippen LogP contribution in [0.4, 0.5) is 4.79 Å². The van der Waals surface area contributed by atoms with Gasteiger partial charge in [0.25, 0.3) is 0 Å². The lowest BCUT2D eigenvalue weighted by molar-refractivity contribution is -0.138. The second kappa shape index (κ2) is 18.5. The van der Waals surface area contributed by atoms with Crippen LogP contribution in [0.5, 0.6) is 0 Å². The third-order valence-corrected chi connectivity index (χ3v) is 8.75. The molecule has 0 radical (unpaired) electrons. The minimum absolute atomic E-state index is 0.0942. The van der Waals surface area contributed by atoms with Crippen molar-refractivity contribution >= 4 is 69.3 Å². The van der Waals surface area contributed by atoms with Gasteiger partial charge < -0.3 is 21.0 Å². The van der Waals surface area contributed by atoms with E-state index in [1.54, 1.807) is 13.8 Å². The van der Waals surface area contributed by atoms with E-state index in [-0.39, 0.29) is 24.3 Å². The summed E-state index contributed by atoms with van der Waals surface area (Å²) in [5.74, 6) is 0.119. The molecule has 1 fully saturated rings. The number of halogens is 2. The van der Waals surface area contributed by atoms with E-state index in [2.05, 4.69) is 15.3 Å². The van der Waals surface area contributed by atoms with Crippen LogP contribution >= 0.6 is 23.2 Å². The van der Waals surface area contributed by atoms with E-state index in [0.717, 1.165) is 50.7 Å². The zero-order chi connectivity index (χ0) is 34.5. The van der Waals surface area contributed by atoms with Gasteiger partial charge in [-0.05, 0) is 82.8 Å².